The zero-order chi connectivity index (χ0) is 8.02. The van der Waals surface area contributed by atoms with E-state index in [9.17, 15) is 0 Å². The van der Waals surface area contributed by atoms with Gasteiger partial charge in [0.05, 0.1) is 11.9 Å². The molecule has 0 spiro atoms. The fraction of sp³-hybridized carbons (Fsp3) is 0.750. The number of hydrogen-bond donors (Lipinski definition) is 1. The Kier molecular flexibility index (Phi) is 1.14. The summed E-state index contributed by atoms with van der Waals surface area (Å²) in [5.41, 5.74) is 1.52. The van der Waals surface area contributed by atoms with E-state index in [-0.39, 0.29) is 0 Å². The lowest BCUT2D eigenvalue weighted by Gasteiger charge is -2.21. The van der Waals surface area contributed by atoms with E-state index < -0.39 is 0 Å². The third-order valence-corrected chi connectivity index (χ3v) is 3.30. The molecule has 2 aliphatic rings. The highest BCUT2D eigenvalue weighted by atomic mass is 15.3. The maximum Gasteiger partial charge on any atom is 0.0900 e. The van der Waals surface area contributed by atoms with Crippen LogP contribution >= 0.6 is 0 Å². The molecule has 3 rings (SSSR count). The Labute approximate surface area is 71.0 Å². The molecule has 0 aromatic carbocycles. The molecule has 3 heterocycles. The first-order valence-corrected chi connectivity index (χ1v) is 4.48. The van der Waals surface area contributed by atoms with Gasteiger partial charge >= 0.3 is 0 Å². The second kappa shape index (κ2) is 2.07. The summed E-state index contributed by atoms with van der Waals surface area (Å²) in [4.78, 5) is 2.51. The summed E-state index contributed by atoms with van der Waals surface area (Å²) in [6.07, 6.45) is 4.41. The molecular formula is C8H12N4. The fourth-order valence-electron chi connectivity index (χ4n) is 2.52. The molecule has 1 N–H and O–H groups in total. The van der Waals surface area contributed by atoms with Gasteiger partial charge in [-0.2, -0.15) is 15.4 Å². The van der Waals surface area contributed by atoms with Crippen LogP contribution in [0.3, 0.4) is 0 Å². The molecule has 2 saturated heterocycles. The van der Waals surface area contributed by atoms with Crippen LogP contribution in [0.15, 0.2) is 6.20 Å². The fourth-order valence-corrected chi connectivity index (χ4v) is 2.52. The summed E-state index contributed by atoms with van der Waals surface area (Å²) < 4.78 is 0. The predicted octanol–water partition coefficient (Wildman–Crippen LogP) is 0.152. The lowest BCUT2D eigenvalue weighted by atomic mass is 9.82. The van der Waals surface area contributed by atoms with Crippen molar-refractivity contribution in [3.05, 3.63) is 11.9 Å². The molecular weight excluding hydrogens is 152 g/mol. The molecule has 2 aliphatic heterocycles. The minimum atomic E-state index is 0.354. The molecule has 4 nitrogen and oxygen atoms in total. The molecule has 0 saturated carbocycles. The predicted molar refractivity (Wildman–Crippen MR) is 43.7 cm³/mol. The molecule has 0 atom stereocenters. The average molecular weight is 164 g/mol. The van der Waals surface area contributed by atoms with Crippen LogP contribution < -0.4 is 0 Å². The van der Waals surface area contributed by atoms with Gasteiger partial charge in [0.1, 0.15) is 0 Å². The molecule has 0 radical (unpaired) electrons. The summed E-state index contributed by atoms with van der Waals surface area (Å²) in [6.45, 7) is 3.68. The van der Waals surface area contributed by atoms with Crippen LogP contribution in [0.5, 0.6) is 0 Å². The number of nitrogens with one attached hydrogen (secondary N) is 1. The number of aromatic nitrogens is 3. The minimum absolute atomic E-state index is 0.354. The topological polar surface area (TPSA) is 44.8 Å². The molecule has 2 bridgehead atoms. The minimum Gasteiger partial charge on any atom is -0.302 e. The van der Waals surface area contributed by atoms with Gasteiger partial charge in [0.25, 0.3) is 0 Å². The van der Waals surface area contributed by atoms with Crippen LogP contribution in [-0.2, 0) is 5.41 Å². The maximum absolute atomic E-state index is 4.21. The molecule has 0 unspecified atom stereocenters. The van der Waals surface area contributed by atoms with Gasteiger partial charge in [-0.1, -0.05) is 0 Å². The molecule has 0 amide bonds. The van der Waals surface area contributed by atoms with E-state index in [0.29, 0.717) is 5.41 Å². The van der Waals surface area contributed by atoms with Crippen molar-refractivity contribution in [3.63, 3.8) is 0 Å². The number of fused-ring (bicyclic) bond motifs is 2. The number of rotatable bonds is 1. The van der Waals surface area contributed by atoms with Crippen molar-refractivity contribution in [2.75, 3.05) is 19.6 Å². The highest BCUT2D eigenvalue weighted by molar-refractivity contribution is 5.19. The first kappa shape index (κ1) is 6.60. The highest BCUT2D eigenvalue weighted by Gasteiger charge is 2.46. The van der Waals surface area contributed by atoms with Gasteiger partial charge in [0.2, 0.25) is 0 Å². The molecule has 1 aromatic rings. The Hall–Kier alpha value is -0.900. The van der Waals surface area contributed by atoms with E-state index in [4.69, 9.17) is 0 Å². The first-order chi connectivity index (χ1) is 5.89. The normalized spacial score (nSPS) is 39.2. The van der Waals surface area contributed by atoms with E-state index in [0.717, 1.165) is 0 Å². The van der Waals surface area contributed by atoms with Crippen LogP contribution in [0.25, 0.3) is 0 Å². The molecule has 1 aromatic heterocycles. The summed E-state index contributed by atoms with van der Waals surface area (Å²) in [7, 11) is 0. The van der Waals surface area contributed by atoms with Crippen LogP contribution in [0.4, 0.5) is 0 Å². The van der Waals surface area contributed by atoms with Gasteiger partial charge in [-0.15, -0.1) is 0 Å². The summed E-state index contributed by atoms with van der Waals surface area (Å²) in [5.74, 6) is 0. The zero-order valence-electron chi connectivity index (χ0n) is 6.95. The second-order valence-corrected chi connectivity index (χ2v) is 3.91. The standard InChI is InChI=1S/C8H12N4/c1-3-12-4-2-8(1,6-12)7-5-9-11-10-7/h5H,1-4,6H2,(H,9,10,11). The molecule has 12 heavy (non-hydrogen) atoms. The van der Waals surface area contributed by atoms with Gasteiger partial charge in [0, 0.05) is 12.0 Å². The number of hydrogen-bond acceptors (Lipinski definition) is 3. The highest BCUT2D eigenvalue weighted by Crippen LogP contribution is 2.41. The number of nitrogens with zero attached hydrogens (tertiary/aromatic N) is 3. The Balaban J connectivity index is 2.01. The van der Waals surface area contributed by atoms with E-state index in [1.807, 2.05) is 6.20 Å². The van der Waals surface area contributed by atoms with Crippen molar-refractivity contribution in [2.24, 2.45) is 0 Å². The van der Waals surface area contributed by atoms with Gasteiger partial charge in [-0.25, -0.2) is 0 Å². The summed E-state index contributed by atoms with van der Waals surface area (Å²) in [5, 5.41) is 10.8. The van der Waals surface area contributed by atoms with E-state index in [1.54, 1.807) is 0 Å². The SMILES string of the molecule is c1n[nH]nc1C12CCN(CC1)C2. The van der Waals surface area contributed by atoms with E-state index >= 15 is 0 Å². The third kappa shape index (κ3) is 0.705. The number of piperidine rings is 1. The average Bonchev–Trinajstić information content (AvgIpc) is 2.82. The second-order valence-electron chi connectivity index (χ2n) is 3.91. The van der Waals surface area contributed by atoms with Crippen molar-refractivity contribution >= 4 is 0 Å². The molecule has 2 fully saturated rings. The van der Waals surface area contributed by atoms with E-state index in [2.05, 4.69) is 20.3 Å². The van der Waals surface area contributed by atoms with E-state index in [1.165, 1.54) is 38.2 Å². The Morgan fingerprint density at radius 3 is 2.75 bits per heavy atom. The van der Waals surface area contributed by atoms with Crippen LogP contribution in [0.1, 0.15) is 18.5 Å². The third-order valence-electron chi connectivity index (χ3n) is 3.30. The Morgan fingerprint density at radius 2 is 2.25 bits per heavy atom. The summed E-state index contributed by atoms with van der Waals surface area (Å²) in [6, 6.07) is 0. The van der Waals surface area contributed by atoms with Gasteiger partial charge in [0.15, 0.2) is 0 Å². The van der Waals surface area contributed by atoms with Crippen molar-refractivity contribution in [1.82, 2.24) is 20.3 Å². The monoisotopic (exact) mass is 164 g/mol. The van der Waals surface area contributed by atoms with Crippen molar-refractivity contribution in [3.8, 4) is 0 Å². The summed E-state index contributed by atoms with van der Waals surface area (Å²) >= 11 is 0. The lowest BCUT2D eigenvalue weighted by Crippen LogP contribution is -2.24. The maximum atomic E-state index is 4.21. The Bertz CT molecular complexity index is 271. The smallest absolute Gasteiger partial charge is 0.0900 e. The lowest BCUT2D eigenvalue weighted by molar-refractivity contribution is 0.363. The van der Waals surface area contributed by atoms with Gasteiger partial charge in [-0.05, 0) is 25.9 Å². The number of aromatic amines is 1. The first-order valence-electron chi connectivity index (χ1n) is 4.48. The molecule has 0 aliphatic carbocycles. The van der Waals surface area contributed by atoms with Gasteiger partial charge < -0.3 is 4.90 Å². The molecule has 4 heteroatoms. The number of H-pyrrole nitrogens is 1. The molecule has 64 valence electrons. The van der Waals surface area contributed by atoms with Crippen molar-refractivity contribution in [2.45, 2.75) is 18.3 Å². The van der Waals surface area contributed by atoms with Crippen LogP contribution in [-0.4, -0.2) is 39.9 Å². The zero-order valence-corrected chi connectivity index (χ0v) is 6.95. The quantitative estimate of drug-likeness (QED) is 0.642. The van der Waals surface area contributed by atoms with Crippen LogP contribution in [0, 0.1) is 0 Å². The van der Waals surface area contributed by atoms with Crippen molar-refractivity contribution < 1.29 is 0 Å². The van der Waals surface area contributed by atoms with Crippen molar-refractivity contribution in [1.29, 1.82) is 0 Å². The Morgan fingerprint density at radius 1 is 1.42 bits per heavy atom. The van der Waals surface area contributed by atoms with Gasteiger partial charge in [-0.3, -0.25) is 0 Å². The largest absolute Gasteiger partial charge is 0.302 e. The van der Waals surface area contributed by atoms with Crippen LogP contribution in [0.2, 0.25) is 0 Å².